The Morgan fingerprint density at radius 3 is 1.33 bits per heavy atom. The van der Waals surface area contributed by atoms with Gasteiger partial charge in [-0.05, 0) is 38.7 Å². The van der Waals surface area contributed by atoms with E-state index in [1.165, 1.54) is 148 Å². The summed E-state index contributed by atoms with van der Waals surface area (Å²) in [6.45, 7) is 4.22. The number of rotatable bonds is 27. The third-order valence-electron chi connectivity index (χ3n) is 9.09. The standard InChI is InChI=1S/C35H62O4/c1-3-4-5-6-7-8-9-10-11-12-13-14-15-16-17-20-23-26-31-33(38-31)34-32(39-34)27-24-21-18-19-22-25-30-28-29(2)37-35(30)36/h28-29,31-34H,3-27H2,1-2H3/t29-,31+,32-,33-,34+/m0/s1. The molecule has 0 bridgehead atoms. The number of cyclic esters (lactones) is 1. The number of epoxide rings is 2. The molecule has 2 saturated heterocycles. The van der Waals surface area contributed by atoms with Crippen LogP contribution < -0.4 is 0 Å². The van der Waals surface area contributed by atoms with Gasteiger partial charge in [0.15, 0.2) is 0 Å². The van der Waals surface area contributed by atoms with Gasteiger partial charge in [0.05, 0.1) is 12.2 Å². The number of esters is 1. The van der Waals surface area contributed by atoms with Crippen molar-refractivity contribution < 1.29 is 19.0 Å². The summed E-state index contributed by atoms with van der Waals surface area (Å²) in [5.74, 6) is -0.106. The van der Waals surface area contributed by atoms with Crippen LogP contribution in [0.15, 0.2) is 11.6 Å². The van der Waals surface area contributed by atoms with Gasteiger partial charge in [-0.2, -0.15) is 0 Å². The van der Waals surface area contributed by atoms with E-state index in [-0.39, 0.29) is 12.1 Å². The van der Waals surface area contributed by atoms with Crippen molar-refractivity contribution in [3.05, 3.63) is 11.6 Å². The molecule has 0 aromatic heterocycles. The topological polar surface area (TPSA) is 51.4 Å². The van der Waals surface area contributed by atoms with Crippen molar-refractivity contribution in [3.63, 3.8) is 0 Å². The lowest BCUT2D eigenvalue weighted by Gasteiger charge is -2.03. The highest BCUT2D eigenvalue weighted by Crippen LogP contribution is 2.42. The highest BCUT2D eigenvalue weighted by Gasteiger charge is 2.56. The SMILES string of the molecule is CCCCCCCCCCCCCCCCCCC[C@H]1O[C@@H]1[C@@H]1O[C@H]1CCCCCCCC1=C[C@H](C)OC1=O. The van der Waals surface area contributed by atoms with Crippen LogP contribution in [0.25, 0.3) is 0 Å². The van der Waals surface area contributed by atoms with E-state index in [1.54, 1.807) is 0 Å². The molecular formula is C35H62O4. The van der Waals surface area contributed by atoms with Crippen molar-refractivity contribution in [1.82, 2.24) is 0 Å². The third kappa shape index (κ3) is 14.5. The number of hydrogen-bond donors (Lipinski definition) is 0. The first kappa shape index (κ1) is 32.6. The molecule has 226 valence electrons. The van der Waals surface area contributed by atoms with E-state index in [4.69, 9.17) is 14.2 Å². The molecule has 39 heavy (non-hydrogen) atoms. The Hall–Kier alpha value is -0.870. The molecule has 0 unspecified atom stereocenters. The Morgan fingerprint density at radius 1 is 0.564 bits per heavy atom. The molecule has 4 heteroatoms. The van der Waals surface area contributed by atoms with Gasteiger partial charge in [0.25, 0.3) is 0 Å². The van der Waals surface area contributed by atoms with E-state index >= 15 is 0 Å². The first-order chi connectivity index (χ1) is 19.2. The average Bonchev–Trinajstić information content (AvgIpc) is 3.83. The Bertz CT molecular complexity index is 674. The van der Waals surface area contributed by atoms with Crippen LogP contribution in [0.4, 0.5) is 0 Å². The molecule has 0 saturated carbocycles. The predicted octanol–water partition coefficient (Wildman–Crippen LogP) is 10.2. The average molecular weight is 547 g/mol. The second-order valence-corrected chi connectivity index (χ2v) is 12.8. The smallest absolute Gasteiger partial charge is 0.334 e. The first-order valence-corrected chi connectivity index (χ1v) is 17.4. The molecule has 0 aliphatic carbocycles. The number of unbranched alkanes of at least 4 members (excludes halogenated alkanes) is 20. The molecule has 3 heterocycles. The third-order valence-corrected chi connectivity index (χ3v) is 9.09. The van der Waals surface area contributed by atoms with Crippen LogP contribution in [0.3, 0.4) is 0 Å². The van der Waals surface area contributed by atoms with Crippen LogP contribution in [-0.2, 0) is 19.0 Å². The minimum Gasteiger partial charge on any atom is -0.455 e. The quantitative estimate of drug-likeness (QED) is 0.0584. The van der Waals surface area contributed by atoms with Crippen molar-refractivity contribution in [1.29, 1.82) is 0 Å². The summed E-state index contributed by atoms with van der Waals surface area (Å²) in [5, 5.41) is 0. The van der Waals surface area contributed by atoms with Gasteiger partial charge in [-0.3, -0.25) is 0 Å². The fourth-order valence-electron chi connectivity index (χ4n) is 6.43. The Morgan fingerprint density at radius 2 is 0.949 bits per heavy atom. The molecule has 4 nitrogen and oxygen atoms in total. The van der Waals surface area contributed by atoms with Gasteiger partial charge in [0, 0.05) is 5.57 Å². The van der Waals surface area contributed by atoms with Crippen LogP contribution in [-0.4, -0.2) is 36.5 Å². The molecule has 0 N–H and O–H groups in total. The van der Waals surface area contributed by atoms with E-state index < -0.39 is 0 Å². The lowest BCUT2D eigenvalue weighted by Crippen LogP contribution is -2.06. The maximum Gasteiger partial charge on any atom is 0.334 e. The highest BCUT2D eigenvalue weighted by atomic mass is 16.7. The van der Waals surface area contributed by atoms with E-state index in [0.717, 1.165) is 18.4 Å². The molecule has 3 rings (SSSR count). The maximum atomic E-state index is 11.6. The molecule has 0 aromatic rings. The molecule has 3 aliphatic heterocycles. The summed E-state index contributed by atoms with van der Waals surface area (Å²) in [5.41, 5.74) is 0.880. The molecule has 0 amide bonds. The normalized spacial score (nSPS) is 25.6. The van der Waals surface area contributed by atoms with Crippen molar-refractivity contribution in [2.75, 3.05) is 0 Å². The second-order valence-electron chi connectivity index (χ2n) is 12.8. The fourth-order valence-corrected chi connectivity index (χ4v) is 6.43. The van der Waals surface area contributed by atoms with Crippen molar-refractivity contribution in [2.24, 2.45) is 0 Å². The van der Waals surface area contributed by atoms with Crippen LogP contribution in [0, 0.1) is 0 Å². The summed E-state index contributed by atoms with van der Waals surface area (Å²) in [6.07, 6.45) is 37.3. The number of carbonyl (C=O) groups excluding carboxylic acids is 1. The van der Waals surface area contributed by atoms with Crippen LogP contribution in [0.2, 0.25) is 0 Å². The first-order valence-electron chi connectivity index (χ1n) is 17.4. The monoisotopic (exact) mass is 546 g/mol. The van der Waals surface area contributed by atoms with Gasteiger partial charge in [-0.25, -0.2) is 4.79 Å². The van der Waals surface area contributed by atoms with Crippen molar-refractivity contribution in [2.45, 2.75) is 205 Å². The zero-order valence-corrected chi connectivity index (χ0v) is 25.8. The summed E-state index contributed by atoms with van der Waals surface area (Å²) < 4.78 is 17.1. The maximum absolute atomic E-state index is 11.6. The Labute approximate surface area is 241 Å². The Balaban J connectivity index is 0.994. The lowest BCUT2D eigenvalue weighted by atomic mass is 10.0. The largest absolute Gasteiger partial charge is 0.455 e. The van der Waals surface area contributed by atoms with Gasteiger partial charge in [0.1, 0.15) is 18.3 Å². The molecule has 0 aromatic carbocycles. The van der Waals surface area contributed by atoms with Gasteiger partial charge in [-0.15, -0.1) is 0 Å². The summed E-state index contributed by atoms with van der Waals surface area (Å²) in [4.78, 5) is 11.6. The fraction of sp³-hybridized carbons (Fsp3) is 0.914. The summed E-state index contributed by atoms with van der Waals surface area (Å²) >= 11 is 0. The van der Waals surface area contributed by atoms with Crippen molar-refractivity contribution in [3.8, 4) is 0 Å². The molecule has 5 atom stereocenters. The predicted molar refractivity (Wildman–Crippen MR) is 162 cm³/mol. The molecule has 0 spiro atoms. The number of hydrogen-bond acceptors (Lipinski definition) is 4. The van der Waals surface area contributed by atoms with E-state index in [9.17, 15) is 4.79 Å². The van der Waals surface area contributed by atoms with Crippen molar-refractivity contribution >= 4 is 5.97 Å². The molecule has 0 radical (unpaired) electrons. The zero-order valence-electron chi connectivity index (χ0n) is 25.8. The molecule has 2 fully saturated rings. The van der Waals surface area contributed by atoms with Gasteiger partial charge < -0.3 is 14.2 Å². The minimum atomic E-state index is -0.106. The number of carbonyl (C=O) groups is 1. The van der Waals surface area contributed by atoms with E-state index in [1.807, 2.05) is 13.0 Å². The highest BCUT2D eigenvalue weighted by molar-refractivity contribution is 5.90. The summed E-state index contributed by atoms with van der Waals surface area (Å²) in [7, 11) is 0. The van der Waals surface area contributed by atoms with Crippen LogP contribution in [0.5, 0.6) is 0 Å². The second kappa shape index (κ2) is 20.1. The summed E-state index contributed by atoms with van der Waals surface area (Å²) in [6, 6.07) is 0. The zero-order chi connectivity index (χ0) is 27.5. The van der Waals surface area contributed by atoms with Crippen LogP contribution in [0.1, 0.15) is 174 Å². The van der Waals surface area contributed by atoms with E-state index in [2.05, 4.69) is 6.92 Å². The van der Waals surface area contributed by atoms with E-state index in [0.29, 0.717) is 24.4 Å². The molecular weight excluding hydrogens is 484 g/mol. The Kier molecular flexibility index (Phi) is 16.8. The lowest BCUT2D eigenvalue weighted by molar-refractivity contribution is -0.139. The van der Waals surface area contributed by atoms with Crippen LogP contribution >= 0.6 is 0 Å². The minimum absolute atomic E-state index is 0.0344. The van der Waals surface area contributed by atoms with Gasteiger partial charge in [-0.1, -0.05) is 142 Å². The van der Waals surface area contributed by atoms with Gasteiger partial charge in [0.2, 0.25) is 0 Å². The van der Waals surface area contributed by atoms with Gasteiger partial charge >= 0.3 is 5.97 Å². The molecule has 3 aliphatic rings. The number of ether oxygens (including phenoxy) is 3.